The number of aliphatic carboxylic acids is 1. The summed E-state index contributed by atoms with van der Waals surface area (Å²) in [6, 6.07) is 8.65. The number of nitrogens with zero attached hydrogens (tertiary/aromatic N) is 1. The summed E-state index contributed by atoms with van der Waals surface area (Å²) >= 11 is 5.83. The minimum absolute atomic E-state index is 0.193. The van der Waals surface area contributed by atoms with Crippen LogP contribution in [0.3, 0.4) is 0 Å². The number of carboxylic acid groups (broad SMARTS) is 1. The first-order valence-electron chi connectivity index (χ1n) is 7.79. The van der Waals surface area contributed by atoms with Gasteiger partial charge >= 0.3 is 5.97 Å². The molecule has 128 valence electrons. The summed E-state index contributed by atoms with van der Waals surface area (Å²) in [6.07, 6.45) is 3.37. The maximum absolute atomic E-state index is 12.0. The fourth-order valence-electron chi connectivity index (χ4n) is 2.18. The highest BCUT2D eigenvalue weighted by Crippen LogP contribution is 2.22. The lowest BCUT2D eigenvalue weighted by Crippen LogP contribution is -2.24. The molecule has 2 N–H and O–H groups in total. The molecule has 7 heteroatoms. The third-order valence-electron chi connectivity index (χ3n) is 3.47. The van der Waals surface area contributed by atoms with Gasteiger partial charge in [0.05, 0.1) is 0 Å². The lowest BCUT2D eigenvalue weighted by Gasteiger charge is -2.02. The zero-order valence-corrected chi connectivity index (χ0v) is 13.9. The van der Waals surface area contributed by atoms with Crippen LogP contribution >= 0.6 is 11.6 Å². The Labute approximate surface area is 144 Å². The van der Waals surface area contributed by atoms with E-state index in [2.05, 4.69) is 10.5 Å². The number of benzene rings is 1. The van der Waals surface area contributed by atoms with E-state index in [4.69, 9.17) is 21.2 Å². The highest BCUT2D eigenvalue weighted by molar-refractivity contribution is 6.30. The maximum Gasteiger partial charge on any atom is 0.303 e. The molecule has 0 atom stereocenters. The zero-order valence-electron chi connectivity index (χ0n) is 13.1. The monoisotopic (exact) mass is 350 g/mol. The van der Waals surface area contributed by atoms with Gasteiger partial charge in [-0.15, -0.1) is 0 Å². The number of carboxylic acids is 1. The number of hydrogen-bond acceptors (Lipinski definition) is 4. The van der Waals surface area contributed by atoms with Gasteiger partial charge < -0.3 is 14.9 Å². The smallest absolute Gasteiger partial charge is 0.303 e. The van der Waals surface area contributed by atoms with E-state index in [0.717, 1.165) is 24.8 Å². The van der Waals surface area contributed by atoms with Crippen molar-refractivity contribution >= 4 is 23.5 Å². The first-order chi connectivity index (χ1) is 11.6. The van der Waals surface area contributed by atoms with Gasteiger partial charge in [0, 0.05) is 29.6 Å². The molecule has 1 aromatic heterocycles. The van der Waals surface area contributed by atoms with Crippen molar-refractivity contribution in [3.8, 4) is 11.3 Å². The maximum atomic E-state index is 12.0. The van der Waals surface area contributed by atoms with Crippen LogP contribution in [0.25, 0.3) is 11.3 Å². The van der Waals surface area contributed by atoms with Crippen LogP contribution in [-0.4, -0.2) is 28.7 Å². The van der Waals surface area contributed by atoms with Crippen LogP contribution in [0.2, 0.25) is 5.02 Å². The predicted octanol–water partition coefficient (Wildman–Crippen LogP) is 3.76. The van der Waals surface area contributed by atoms with Crippen molar-refractivity contribution in [3.05, 3.63) is 41.0 Å². The Bertz CT molecular complexity index is 682. The molecule has 0 saturated carbocycles. The van der Waals surface area contributed by atoms with Gasteiger partial charge in [0.1, 0.15) is 0 Å². The minimum Gasteiger partial charge on any atom is -0.481 e. The lowest BCUT2D eigenvalue weighted by atomic mass is 10.1. The number of aromatic nitrogens is 1. The molecule has 24 heavy (non-hydrogen) atoms. The Kier molecular flexibility index (Phi) is 6.81. The van der Waals surface area contributed by atoms with Gasteiger partial charge in [0.15, 0.2) is 11.5 Å². The van der Waals surface area contributed by atoms with Gasteiger partial charge in [-0.1, -0.05) is 29.6 Å². The molecule has 1 amide bonds. The molecule has 0 aliphatic carbocycles. The highest BCUT2D eigenvalue weighted by atomic mass is 35.5. The molecular weight excluding hydrogens is 332 g/mol. The normalized spacial score (nSPS) is 10.5. The second-order valence-corrected chi connectivity index (χ2v) is 5.83. The Morgan fingerprint density at radius 1 is 1.12 bits per heavy atom. The number of amides is 1. The van der Waals surface area contributed by atoms with Crippen LogP contribution in [0.5, 0.6) is 0 Å². The van der Waals surface area contributed by atoms with Crippen molar-refractivity contribution in [3.63, 3.8) is 0 Å². The summed E-state index contributed by atoms with van der Waals surface area (Å²) < 4.78 is 5.18. The molecule has 1 aromatic carbocycles. The van der Waals surface area contributed by atoms with E-state index in [9.17, 15) is 9.59 Å². The van der Waals surface area contributed by atoms with Crippen LogP contribution < -0.4 is 5.32 Å². The fraction of sp³-hybridized carbons (Fsp3) is 0.353. The number of carbonyl (C=O) groups is 2. The van der Waals surface area contributed by atoms with Crippen LogP contribution in [-0.2, 0) is 4.79 Å². The third kappa shape index (κ3) is 5.70. The molecule has 0 fully saturated rings. The van der Waals surface area contributed by atoms with Gasteiger partial charge in [-0.05, 0) is 37.1 Å². The number of unbranched alkanes of at least 4 members (excludes halogenated alkanes) is 3. The van der Waals surface area contributed by atoms with Crippen molar-refractivity contribution < 1.29 is 19.2 Å². The molecule has 1 heterocycles. The summed E-state index contributed by atoms with van der Waals surface area (Å²) in [5.74, 6) is -0.555. The van der Waals surface area contributed by atoms with Gasteiger partial charge in [-0.25, -0.2) is 0 Å². The Hall–Kier alpha value is -2.34. The molecule has 0 saturated heterocycles. The summed E-state index contributed by atoms with van der Waals surface area (Å²) in [4.78, 5) is 22.4. The predicted molar refractivity (Wildman–Crippen MR) is 90.0 cm³/mol. The van der Waals surface area contributed by atoms with Crippen molar-refractivity contribution in [1.82, 2.24) is 10.5 Å². The van der Waals surface area contributed by atoms with E-state index in [1.54, 1.807) is 30.3 Å². The SMILES string of the molecule is O=C(O)CCCCCCNC(=O)c1cc(-c2ccc(Cl)cc2)on1. The summed E-state index contributed by atoms with van der Waals surface area (Å²) in [5.41, 5.74) is 1.02. The molecular formula is C17H19ClN2O4. The quantitative estimate of drug-likeness (QED) is 0.672. The number of carbonyl (C=O) groups excluding carboxylic acids is 1. The molecule has 2 rings (SSSR count). The summed E-state index contributed by atoms with van der Waals surface area (Å²) in [5, 5.41) is 15.7. The zero-order chi connectivity index (χ0) is 17.4. The van der Waals surface area contributed by atoms with E-state index in [1.807, 2.05) is 0 Å². The van der Waals surface area contributed by atoms with Crippen molar-refractivity contribution in [2.45, 2.75) is 32.1 Å². The van der Waals surface area contributed by atoms with Crippen LogP contribution in [0.4, 0.5) is 0 Å². The summed E-state index contributed by atoms with van der Waals surface area (Å²) in [6.45, 7) is 0.523. The number of rotatable bonds is 9. The van der Waals surface area contributed by atoms with Gasteiger partial charge in [0.25, 0.3) is 5.91 Å². The second kappa shape index (κ2) is 9.08. The average Bonchev–Trinajstić information content (AvgIpc) is 3.04. The topological polar surface area (TPSA) is 92.4 Å². The van der Waals surface area contributed by atoms with E-state index in [0.29, 0.717) is 23.7 Å². The molecule has 0 spiro atoms. The van der Waals surface area contributed by atoms with Gasteiger partial charge in [0.2, 0.25) is 0 Å². The molecule has 0 unspecified atom stereocenters. The van der Waals surface area contributed by atoms with Crippen molar-refractivity contribution in [2.24, 2.45) is 0 Å². The van der Waals surface area contributed by atoms with Crippen molar-refractivity contribution in [2.75, 3.05) is 6.54 Å². The molecule has 0 aliphatic rings. The Balaban J connectivity index is 1.73. The lowest BCUT2D eigenvalue weighted by molar-refractivity contribution is -0.137. The third-order valence-corrected chi connectivity index (χ3v) is 3.73. The Morgan fingerprint density at radius 2 is 1.83 bits per heavy atom. The highest BCUT2D eigenvalue weighted by Gasteiger charge is 2.13. The first-order valence-corrected chi connectivity index (χ1v) is 8.16. The van der Waals surface area contributed by atoms with Crippen LogP contribution in [0.1, 0.15) is 42.6 Å². The van der Waals surface area contributed by atoms with Crippen LogP contribution in [0, 0.1) is 0 Å². The summed E-state index contributed by atoms with van der Waals surface area (Å²) in [7, 11) is 0. The van der Waals surface area contributed by atoms with Gasteiger partial charge in [-0.3, -0.25) is 9.59 Å². The number of halogens is 1. The van der Waals surface area contributed by atoms with E-state index in [1.165, 1.54) is 0 Å². The second-order valence-electron chi connectivity index (χ2n) is 5.40. The largest absolute Gasteiger partial charge is 0.481 e. The van der Waals surface area contributed by atoms with E-state index < -0.39 is 5.97 Å². The number of nitrogens with one attached hydrogen (secondary N) is 1. The first kappa shape index (κ1) is 18.0. The van der Waals surface area contributed by atoms with E-state index in [-0.39, 0.29) is 18.0 Å². The molecule has 0 bridgehead atoms. The van der Waals surface area contributed by atoms with Gasteiger partial charge in [-0.2, -0.15) is 0 Å². The number of hydrogen-bond donors (Lipinski definition) is 2. The molecule has 2 aromatic rings. The molecule has 0 radical (unpaired) electrons. The fourth-order valence-corrected chi connectivity index (χ4v) is 2.31. The van der Waals surface area contributed by atoms with Crippen LogP contribution in [0.15, 0.2) is 34.9 Å². The van der Waals surface area contributed by atoms with E-state index >= 15 is 0 Å². The minimum atomic E-state index is -0.772. The molecule has 6 nitrogen and oxygen atoms in total. The standard InChI is InChI=1S/C17H19ClN2O4/c18-13-8-6-12(7-9-13)15-11-14(20-24-15)17(23)19-10-4-2-1-3-5-16(21)22/h6-9,11H,1-5,10H2,(H,19,23)(H,21,22). The van der Waals surface area contributed by atoms with Crippen molar-refractivity contribution in [1.29, 1.82) is 0 Å². The average molecular weight is 351 g/mol. The molecule has 0 aliphatic heterocycles. The Morgan fingerprint density at radius 3 is 2.54 bits per heavy atom.